The highest BCUT2D eigenvalue weighted by atomic mass is 16.1. The number of primary amides is 1. The molecule has 1 aromatic carbocycles. The Morgan fingerprint density at radius 3 is 2.84 bits per heavy atom. The van der Waals surface area contributed by atoms with Gasteiger partial charge in [-0.2, -0.15) is 5.10 Å². The number of carbonyl (C=O) groups excluding carboxylic acids is 1. The molecule has 0 aliphatic heterocycles. The van der Waals surface area contributed by atoms with Crippen LogP contribution in [0.15, 0.2) is 42.9 Å². The van der Waals surface area contributed by atoms with Crippen LogP contribution in [0.2, 0.25) is 0 Å². The van der Waals surface area contributed by atoms with Crippen molar-refractivity contribution in [1.29, 1.82) is 0 Å². The van der Waals surface area contributed by atoms with Gasteiger partial charge < -0.3 is 11.5 Å². The molecule has 0 unspecified atom stereocenters. The number of fused-ring (bicyclic) bond motifs is 1. The van der Waals surface area contributed by atoms with Gasteiger partial charge in [-0.05, 0) is 24.3 Å². The molecule has 19 heavy (non-hydrogen) atoms. The molecule has 2 heterocycles. The van der Waals surface area contributed by atoms with E-state index in [2.05, 4.69) is 10.1 Å². The molecule has 3 rings (SSSR count). The van der Waals surface area contributed by atoms with E-state index in [1.54, 1.807) is 23.1 Å². The van der Waals surface area contributed by atoms with Crippen LogP contribution in [0, 0.1) is 0 Å². The lowest BCUT2D eigenvalue weighted by atomic mass is 10.1. The van der Waals surface area contributed by atoms with Crippen LogP contribution in [0.25, 0.3) is 16.6 Å². The first kappa shape index (κ1) is 11.2. The van der Waals surface area contributed by atoms with Crippen molar-refractivity contribution in [2.75, 3.05) is 5.73 Å². The molecule has 0 aliphatic carbocycles. The molecule has 0 saturated heterocycles. The summed E-state index contributed by atoms with van der Waals surface area (Å²) in [6.07, 6.45) is 4.70. The second-order valence-electron chi connectivity index (χ2n) is 4.11. The molecule has 1 amide bonds. The predicted octanol–water partition coefficient (Wildman–Crippen LogP) is 1.10. The molecule has 0 atom stereocenters. The summed E-state index contributed by atoms with van der Waals surface area (Å²) in [6, 6.07) is 7.32. The van der Waals surface area contributed by atoms with Gasteiger partial charge in [0.2, 0.25) is 0 Å². The third kappa shape index (κ3) is 1.79. The number of nitrogen functional groups attached to an aromatic ring is 1. The Morgan fingerprint density at radius 1 is 1.26 bits per heavy atom. The quantitative estimate of drug-likeness (QED) is 0.668. The summed E-state index contributed by atoms with van der Waals surface area (Å²) in [5, 5.41) is 5.00. The predicted molar refractivity (Wildman–Crippen MR) is 71.8 cm³/mol. The van der Waals surface area contributed by atoms with Crippen LogP contribution in [0.3, 0.4) is 0 Å². The van der Waals surface area contributed by atoms with Crippen molar-refractivity contribution in [1.82, 2.24) is 14.8 Å². The topological polar surface area (TPSA) is 99.8 Å². The number of hydrogen-bond donors (Lipinski definition) is 2. The van der Waals surface area contributed by atoms with E-state index in [-0.39, 0.29) is 0 Å². The van der Waals surface area contributed by atoms with Crippen molar-refractivity contribution in [3.8, 4) is 5.69 Å². The van der Waals surface area contributed by atoms with E-state index in [1.165, 1.54) is 6.20 Å². The first-order chi connectivity index (χ1) is 9.16. The highest BCUT2D eigenvalue weighted by Crippen LogP contribution is 2.25. The normalized spacial score (nSPS) is 10.7. The maximum Gasteiger partial charge on any atom is 0.251 e. The Morgan fingerprint density at radius 2 is 2.11 bits per heavy atom. The Balaban J connectivity index is 2.24. The molecule has 0 saturated carbocycles. The summed E-state index contributed by atoms with van der Waals surface area (Å²) in [4.78, 5) is 15.4. The van der Waals surface area contributed by atoms with Gasteiger partial charge in [0.15, 0.2) is 0 Å². The van der Waals surface area contributed by atoms with Crippen molar-refractivity contribution in [3.63, 3.8) is 0 Å². The lowest BCUT2D eigenvalue weighted by Crippen LogP contribution is -2.09. The molecule has 0 fully saturated rings. The Bertz CT molecular complexity index is 778. The number of pyridine rings is 1. The lowest BCUT2D eigenvalue weighted by molar-refractivity contribution is 0.100. The van der Waals surface area contributed by atoms with E-state index in [4.69, 9.17) is 11.5 Å². The SMILES string of the molecule is NC(=O)c1cnn(-c2ccc(N)c3ncccc23)c1. The summed E-state index contributed by atoms with van der Waals surface area (Å²) in [5.41, 5.74) is 13.6. The number of carbonyl (C=O) groups is 1. The molecule has 0 radical (unpaired) electrons. The van der Waals surface area contributed by atoms with E-state index in [9.17, 15) is 4.79 Å². The van der Waals surface area contributed by atoms with Gasteiger partial charge in [-0.15, -0.1) is 0 Å². The average molecular weight is 253 g/mol. The van der Waals surface area contributed by atoms with E-state index < -0.39 is 5.91 Å². The molecule has 4 N–H and O–H groups in total. The second kappa shape index (κ2) is 4.09. The van der Waals surface area contributed by atoms with Crippen LogP contribution in [0.1, 0.15) is 10.4 Å². The van der Waals surface area contributed by atoms with Gasteiger partial charge in [-0.3, -0.25) is 9.78 Å². The fraction of sp³-hybridized carbons (Fsp3) is 0. The van der Waals surface area contributed by atoms with E-state index in [1.807, 2.05) is 18.2 Å². The summed E-state index contributed by atoms with van der Waals surface area (Å²) in [7, 11) is 0. The van der Waals surface area contributed by atoms with E-state index in [0.29, 0.717) is 16.8 Å². The highest BCUT2D eigenvalue weighted by Gasteiger charge is 2.09. The molecule has 0 bridgehead atoms. The monoisotopic (exact) mass is 253 g/mol. The van der Waals surface area contributed by atoms with Crippen molar-refractivity contribution < 1.29 is 4.79 Å². The summed E-state index contributed by atoms with van der Waals surface area (Å²) in [6.45, 7) is 0. The number of anilines is 1. The summed E-state index contributed by atoms with van der Waals surface area (Å²) in [5.74, 6) is -0.510. The van der Waals surface area contributed by atoms with Crippen molar-refractivity contribution >= 4 is 22.5 Å². The Labute approximate surface area is 108 Å². The minimum Gasteiger partial charge on any atom is -0.397 e. The zero-order chi connectivity index (χ0) is 13.4. The highest BCUT2D eigenvalue weighted by molar-refractivity contribution is 5.96. The third-order valence-electron chi connectivity index (χ3n) is 2.89. The first-order valence-electron chi connectivity index (χ1n) is 5.65. The molecular formula is C13H11N5O. The minimum absolute atomic E-state index is 0.355. The molecule has 0 spiro atoms. The smallest absolute Gasteiger partial charge is 0.251 e. The first-order valence-corrected chi connectivity index (χ1v) is 5.65. The van der Waals surface area contributed by atoms with Crippen LogP contribution >= 0.6 is 0 Å². The maximum atomic E-state index is 11.1. The van der Waals surface area contributed by atoms with Gasteiger partial charge >= 0.3 is 0 Å². The molecule has 3 aromatic rings. The summed E-state index contributed by atoms with van der Waals surface area (Å²) < 4.78 is 1.59. The van der Waals surface area contributed by atoms with E-state index in [0.717, 1.165) is 11.1 Å². The molecule has 2 aromatic heterocycles. The van der Waals surface area contributed by atoms with Gasteiger partial charge in [0.05, 0.1) is 28.7 Å². The largest absolute Gasteiger partial charge is 0.397 e. The van der Waals surface area contributed by atoms with Crippen LogP contribution in [-0.4, -0.2) is 20.7 Å². The van der Waals surface area contributed by atoms with Crippen molar-refractivity contribution in [2.45, 2.75) is 0 Å². The molecule has 0 aliphatic rings. The maximum absolute atomic E-state index is 11.1. The molecule has 6 heteroatoms. The number of hydrogen-bond acceptors (Lipinski definition) is 4. The van der Waals surface area contributed by atoms with Gasteiger partial charge in [0.25, 0.3) is 5.91 Å². The van der Waals surface area contributed by atoms with Crippen LogP contribution in [0.5, 0.6) is 0 Å². The minimum atomic E-state index is -0.510. The lowest BCUT2D eigenvalue weighted by Gasteiger charge is -2.07. The van der Waals surface area contributed by atoms with Gasteiger partial charge in [-0.1, -0.05) is 0 Å². The zero-order valence-corrected chi connectivity index (χ0v) is 9.95. The zero-order valence-electron chi connectivity index (χ0n) is 9.95. The third-order valence-corrected chi connectivity index (χ3v) is 2.89. The van der Waals surface area contributed by atoms with Gasteiger partial charge in [-0.25, -0.2) is 4.68 Å². The number of nitrogens with two attached hydrogens (primary N) is 2. The fourth-order valence-corrected chi connectivity index (χ4v) is 1.96. The Kier molecular flexibility index (Phi) is 2.42. The van der Waals surface area contributed by atoms with Gasteiger partial charge in [0, 0.05) is 17.8 Å². The van der Waals surface area contributed by atoms with Crippen LogP contribution < -0.4 is 11.5 Å². The molecule has 6 nitrogen and oxygen atoms in total. The van der Waals surface area contributed by atoms with Crippen molar-refractivity contribution in [2.24, 2.45) is 5.73 Å². The number of aromatic nitrogens is 3. The summed E-state index contributed by atoms with van der Waals surface area (Å²) >= 11 is 0. The van der Waals surface area contributed by atoms with E-state index >= 15 is 0 Å². The number of amides is 1. The van der Waals surface area contributed by atoms with Gasteiger partial charge in [0.1, 0.15) is 0 Å². The van der Waals surface area contributed by atoms with Crippen LogP contribution in [0.4, 0.5) is 5.69 Å². The van der Waals surface area contributed by atoms with Crippen LogP contribution in [-0.2, 0) is 0 Å². The Hall–Kier alpha value is -2.89. The fourth-order valence-electron chi connectivity index (χ4n) is 1.96. The average Bonchev–Trinajstić information content (AvgIpc) is 2.89. The standard InChI is InChI=1S/C13H11N5O/c14-10-3-4-11(9-2-1-5-16-12(9)10)18-7-8(6-17-18)13(15)19/h1-7H,14H2,(H2,15,19). The number of nitrogens with zero attached hydrogens (tertiary/aromatic N) is 3. The second-order valence-corrected chi connectivity index (χ2v) is 4.11. The molecular weight excluding hydrogens is 242 g/mol. The van der Waals surface area contributed by atoms with Crippen molar-refractivity contribution in [3.05, 3.63) is 48.4 Å². The number of benzene rings is 1. The molecule has 94 valence electrons. The number of rotatable bonds is 2.